The van der Waals surface area contributed by atoms with E-state index in [9.17, 15) is 23.3 Å². The molecule has 0 spiro atoms. The van der Waals surface area contributed by atoms with Crippen molar-refractivity contribution < 1.29 is 27.6 Å². The molecule has 0 radical (unpaired) electrons. The summed E-state index contributed by atoms with van der Waals surface area (Å²) in [6.45, 7) is 3.63. The summed E-state index contributed by atoms with van der Waals surface area (Å²) in [7, 11) is 0. The van der Waals surface area contributed by atoms with Crippen LogP contribution >= 0.6 is 0 Å². The number of aryl methyl sites for hydroxylation is 1. The van der Waals surface area contributed by atoms with E-state index in [4.69, 9.17) is 9.53 Å². The van der Waals surface area contributed by atoms with Gasteiger partial charge in [0.15, 0.2) is 0 Å². The number of rotatable bonds is 4. The number of carbonyl (C=O) groups is 1. The Labute approximate surface area is 187 Å². The minimum absolute atomic E-state index is 0.117. The van der Waals surface area contributed by atoms with Gasteiger partial charge in [0.1, 0.15) is 11.9 Å². The molecule has 0 unspecified atom stereocenters. The van der Waals surface area contributed by atoms with Crippen LogP contribution in [0.4, 0.5) is 18.9 Å². The molecule has 3 aromatic rings. The van der Waals surface area contributed by atoms with Gasteiger partial charge in [0.2, 0.25) is 6.29 Å². The number of nitrogens with one attached hydrogen (secondary N) is 1. The summed E-state index contributed by atoms with van der Waals surface area (Å²) in [5.74, 6) is 0.763. The third-order valence-electron chi connectivity index (χ3n) is 5.19. The monoisotopic (exact) mass is 461 g/mol. The summed E-state index contributed by atoms with van der Waals surface area (Å²) < 4.78 is 37.6. The molecule has 0 bridgehead atoms. The fraction of sp³-hybridized carbons (Fsp3) is 0.304. The van der Waals surface area contributed by atoms with Crippen molar-refractivity contribution in [1.82, 2.24) is 10.3 Å². The fourth-order valence-electron chi connectivity index (χ4n) is 3.60. The zero-order chi connectivity index (χ0) is 24.0. The Kier molecular flexibility index (Phi) is 7.59. The van der Waals surface area contributed by atoms with E-state index in [1.54, 1.807) is 31.5 Å². The van der Waals surface area contributed by atoms with E-state index in [0.29, 0.717) is 5.56 Å². The minimum Gasteiger partial charge on any atom is -0.490 e. The SMILES string of the molecule is Cc1ccc(-c2c(OC3CCNCC3)ccc3cnccc23)cc1[N+](=O)[O-].O=CC(F)(F)F. The molecule has 33 heavy (non-hydrogen) atoms. The van der Waals surface area contributed by atoms with E-state index in [2.05, 4.69) is 10.3 Å². The van der Waals surface area contributed by atoms with E-state index < -0.39 is 12.5 Å². The number of benzene rings is 2. The highest BCUT2D eigenvalue weighted by Crippen LogP contribution is 2.39. The van der Waals surface area contributed by atoms with E-state index in [1.165, 1.54) is 0 Å². The van der Waals surface area contributed by atoms with Crippen molar-refractivity contribution in [2.45, 2.75) is 32.0 Å². The molecule has 1 saturated heterocycles. The van der Waals surface area contributed by atoms with Crippen molar-refractivity contribution in [2.75, 3.05) is 13.1 Å². The zero-order valence-electron chi connectivity index (χ0n) is 17.8. The molecule has 2 aromatic carbocycles. The summed E-state index contributed by atoms with van der Waals surface area (Å²) in [6, 6.07) is 11.2. The maximum atomic E-state index is 11.4. The van der Waals surface area contributed by atoms with E-state index in [0.717, 1.165) is 53.6 Å². The van der Waals surface area contributed by atoms with Crippen LogP contribution in [-0.2, 0) is 4.79 Å². The minimum atomic E-state index is -4.64. The number of aromatic nitrogens is 1. The maximum absolute atomic E-state index is 11.4. The number of piperidine rings is 1. The van der Waals surface area contributed by atoms with E-state index in [1.807, 2.05) is 24.3 Å². The Bertz CT molecular complexity index is 1150. The molecular formula is C23H22F3N3O4. The van der Waals surface area contributed by atoms with Crippen LogP contribution in [0.3, 0.4) is 0 Å². The molecule has 0 amide bonds. The summed E-state index contributed by atoms with van der Waals surface area (Å²) in [4.78, 5) is 24.0. The van der Waals surface area contributed by atoms with Crippen molar-refractivity contribution in [3.05, 3.63) is 64.5 Å². The number of pyridine rings is 1. The van der Waals surface area contributed by atoms with Crippen LogP contribution in [0.1, 0.15) is 18.4 Å². The Hall–Kier alpha value is -3.53. The predicted molar refractivity (Wildman–Crippen MR) is 117 cm³/mol. The number of halogens is 3. The molecule has 1 fully saturated rings. The number of ether oxygens (including phenoxy) is 1. The maximum Gasteiger partial charge on any atom is 0.446 e. The first-order chi connectivity index (χ1) is 15.7. The number of fused-ring (bicyclic) bond motifs is 1. The number of nitro groups is 1. The van der Waals surface area contributed by atoms with Crippen LogP contribution in [0.2, 0.25) is 0 Å². The highest BCUT2D eigenvalue weighted by atomic mass is 19.4. The molecule has 0 atom stereocenters. The van der Waals surface area contributed by atoms with Gasteiger partial charge >= 0.3 is 6.18 Å². The highest BCUT2D eigenvalue weighted by molar-refractivity contribution is 5.99. The average molecular weight is 461 g/mol. The lowest BCUT2D eigenvalue weighted by molar-refractivity contribution is -0.385. The van der Waals surface area contributed by atoms with Gasteiger partial charge < -0.3 is 10.1 Å². The van der Waals surface area contributed by atoms with Crippen molar-refractivity contribution in [1.29, 1.82) is 0 Å². The molecule has 10 heteroatoms. The van der Waals surface area contributed by atoms with Crippen LogP contribution in [0.25, 0.3) is 21.9 Å². The summed E-state index contributed by atoms with van der Waals surface area (Å²) in [5, 5.41) is 16.7. The van der Waals surface area contributed by atoms with Crippen molar-refractivity contribution in [3.63, 3.8) is 0 Å². The second kappa shape index (κ2) is 10.4. The van der Waals surface area contributed by atoms with Gasteiger partial charge in [-0.1, -0.05) is 12.1 Å². The third kappa shape index (κ3) is 6.26. The van der Waals surface area contributed by atoms with Crippen molar-refractivity contribution in [2.24, 2.45) is 0 Å². The van der Waals surface area contributed by atoms with Crippen molar-refractivity contribution in [3.8, 4) is 16.9 Å². The molecule has 1 aromatic heterocycles. The number of hydrogen-bond acceptors (Lipinski definition) is 6. The molecule has 7 nitrogen and oxygen atoms in total. The molecule has 1 aliphatic heterocycles. The molecule has 0 saturated carbocycles. The van der Waals surface area contributed by atoms with Crippen LogP contribution in [0.15, 0.2) is 48.8 Å². The molecule has 174 valence electrons. The van der Waals surface area contributed by atoms with Crippen LogP contribution in [0, 0.1) is 17.0 Å². The van der Waals surface area contributed by atoms with Crippen LogP contribution in [-0.4, -0.2) is 41.6 Å². The molecule has 1 N–H and O–H groups in total. The largest absolute Gasteiger partial charge is 0.490 e. The van der Waals surface area contributed by atoms with Crippen LogP contribution in [0.5, 0.6) is 5.75 Å². The van der Waals surface area contributed by atoms with Gasteiger partial charge in [-0.15, -0.1) is 0 Å². The van der Waals surface area contributed by atoms with Gasteiger partial charge in [0, 0.05) is 35.0 Å². The topological polar surface area (TPSA) is 94.4 Å². The molecular weight excluding hydrogens is 439 g/mol. The normalized spacial score (nSPS) is 14.3. The lowest BCUT2D eigenvalue weighted by atomic mass is 9.96. The molecule has 4 rings (SSSR count). The van der Waals surface area contributed by atoms with Crippen molar-refractivity contribution >= 4 is 22.7 Å². The first-order valence-electron chi connectivity index (χ1n) is 10.2. The van der Waals surface area contributed by atoms with Crippen LogP contribution < -0.4 is 10.1 Å². The first kappa shape index (κ1) is 24.1. The molecule has 1 aliphatic rings. The number of alkyl halides is 3. The van der Waals surface area contributed by atoms with Gasteiger partial charge in [-0.05, 0) is 62.0 Å². The first-order valence-corrected chi connectivity index (χ1v) is 10.2. The van der Waals surface area contributed by atoms with Gasteiger partial charge in [-0.3, -0.25) is 19.9 Å². The summed E-state index contributed by atoms with van der Waals surface area (Å²) in [6.07, 6.45) is -0.125. The number of hydrogen-bond donors (Lipinski definition) is 1. The van der Waals surface area contributed by atoms with Gasteiger partial charge in [-0.2, -0.15) is 13.2 Å². The Balaban J connectivity index is 0.000000454. The highest BCUT2D eigenvalue weighted by Gasteiger charge is 2.25. The average Bonchev–Trinajstić information content (AvgIpc) is 2.80. The second-order valence-corrected chi connectivity index (χ2v) is 7.52. The lowest BCUT2D eigenvalue weighted by Gasteiger charge is -2.25. The quantitative estimate of drug-likeness (QED) is 0.334. The molecule has 2 heterocycles. The number of carbonyl (C=O) groups excluding carboxylic acids is 1. The van der Waals surface area contributed by atoms with E-state index >= 15 is 0 Å². The third-order valence-corrected chi connectivity index (χ3v) is 5.19. The second-order valence-electron chi connectivity index (χ2n) is 7.52. The van der Waals surface area contributed by atoms with Gasteiger partial charge in [0.05, 0.1) is 4.92 Å². The van der Waals surface area contributed by atoms with Gasteiger partial charge in [-0.25, -0.2) is 0 Å². The molecule has 0 aliphatic carbocycles. The Morgan fingerprint density at radius 3 is 2.52 bits per heavy atom. The smallest absolute Gasteiger partial charge is 0.446 e. The predicted octanol–water partition coefficient (Wildman–Crippen LogP) is 5.00. The van der Waals surface area contributed by atoms with Gasteiger partial charge in [0.25, 0.3) is 5.69 Å². The lowest BCUT2D eigenvalue weighted by Crippen LogP contribution is -2.34. The summed E-state index contributed by atoms with van der Waals surface area (Å²) in [5.41, 5.74) is 2.43. The fourth-order valence-corrected chi connectivity index (χ4v) is 3.60. The number of nitro benzene ring substituents is 1. The number of aldehydes is 1. The van der Waals surface area contributed by atoms with E-state index in [-0.39, 0.29) is 16.7 Å². The standard InChI is InChI=1S/C21H21N3O3.C2HF3O/c1-14-2-3-15(12-19(14)24(25)26)21-18-8-11-23-13-16(18)4-5-20(21)27-17-6-9-22-10-7-17;3-2(4,5)1-6/h2-5,8,11-13,17,22H,6-7,9-10H2,1H3;1H. The Morgan fingerprint density at radius 2 is 1.88 bits per heavy atom. The summed E-state index contributed by atoms with van der Waals surface area (Å²) >= 11 is 0. The zero-order valence-corrected chi connectivity index (χ0v) is 17.8. The Morgan fingerprint density at radius 1 is 1.18 bits per heavy atom. The number of nitrogens with zero attached hydrogens (tertiary/aromatic N) is 2.